The molecule has 131 valence electrons. The van der Waals surface area contributed by atoms with Gasteiger partial charge in [-0.15, -0.1) is 6.92 Å². The van der Waals surface area contributed by atoms with Crippen LogP contribution in [-0.4, -0.2) is 15.4 Å². The quantitative estimate of drug-likeness (QED) is 0.310. The van der Waals surface area contributed by atoms with Gasteiger partial charge < -0.3 is 35.3 Å². The van der Waals surface area contributed by atoms with Crippen molar-refractivity contribution in [3.05, 3.63) is 28.5 Å². The van der Waals surface area contributed by atoms with E-state index in [1.54, 1.807) is 0 Å². The average Bonchev–Trinajstić information content (AvgIpc) is 2.98. The van der Waals surface area contributed by atoms with Crippen LogP contribution in [-0.2, 0) is 30.6 Å². The number of allylic oxidation sites excluding steroid dienone is 4. The van der Waals surface area contributed by atoms with E-state index in [0.717, 1.165) is 35.2 Å². The van der Waals surface area contributed by atoms with Gasteiger partial charge in [0, 0.05) is 15.4 Å². The first-order valence-electron chi connectivity index (χ1n) is 7.62. The molecule has 0 aliphatic heterocycles. The molecule has 1 saturated carbocycles. The van der Waals surface area contributed by atoms with E-state index in [9.17, 15) is 4.79 Å². The summed E-state index contributed by atoms with van der Waals surface area (Å²) in [6.45, 7) is 13.1. The molecule has 0 aromatic rings. The summed E-state index contributed by atoms with van der Waals surface area (Å²) in [5.41, 5.74) is 11.0. The number of amides is 1. The molecule has 2 aliphatic carbocycles. The Morgan fingerprint density at radius 3 is 1.65 bits per heavy atom. The maximum absolute atomic E-state index is 10.3. The fourth-order valence-corrected chi connectivity index (χ4v) is 2.35. The molecule has 1 radical (unpaired) electrons. The van der Waals surface area contributed by atoms with Crippen molar-refractivity contribution >= 4 is 15.4 Å². The van der Waals surface area contributed by atoms with E-state index in [2.05, 4.69) is 46.9 Å². The Balaban J connectivity index is -0.000000121. The molecule has 0 bridgehead atoms. The normalized spacial score (nSPS) is 18.9. The van der Waals surface area contributed by atoms with Crippen LogP contribution >= 0.6 is 0 Å². The van der Waals surface area contributed by atoms with Crippen LogP contribution in [0.4, 0.5) is 0 Å². The molecule has 23 heavy (non-hydrogen) atoms. The van der Waals surface area contributed by atoms with Crippen molar-refractivity contribution in [2.45, 2.75) is 66.5 Å². The van der Waals surface area contributed by atoms with Crippen LogP contribution in [0.15, 0.2) is 16.7 Å². The minimum atomic E-state index is -0.359. The Bertz CT molecular complexity index is 381. The smallest absolute Gasteiger partial charge is 1.00 e. The first-order valence-corrected chi connectivity index (χ1v) is 9.93. The standard InChI is InChI=1S/C9H13.C6H11NO.C2H7Si.2ClH.Hf/c1-6-5-7(2)9(4)8(6)3;7-6(8)5-3-1-2-4-5;1-3-2;;;/h6H,1-4H3;5H,1-4H2,(H2,7,8);3H,1-2H3;2*1H;/q-1;;;;;+4/p-3. The van der Waals surface area contributed by atoms with Crippen LogP contribution in [0.5, 0.6) is 0 Å². The number of halogens is 2. The third-order valence-electron chi connectivity index (χ3n) is 3.96. The van der Waals surface area contributed by atoms with Crippen LogP contribution in [0.25, 0.3) is 5.73 Å². The maximum Gasteiger partial charge on any atom is 4.00 e. The Labute approximate surface area is 176 Å². The topological polar surface area (TPSA) is 40.9 Å². The monoisotopic (exact) mass is 542 g/mol. The second-order valence-electron chi connectivity index (χ2n) is 5.72. The summed E-state index contributed by atoms with van der Waals surface area (Å²) in [7, 11) is 0.750. The Morgan fingerprint density at radius 1 is 1.13 bits per heavy atom. The van der Waals surface area contributed by atoms with Crippen molar-refractivity contribution in [2.24, 2.45) is 11.8 Å². The number of carbonyl (C=O) groups is 1. The summed E-state index contributed by atoms with van der Waals surface area (Å²) < 4.78 is 0. The number of hydrogen-bond donors (Lipinski definition) is 0. The Hall–Kier alpha value is 0.617. The van der Waals surface area contributed by atoms with E-state index in [-0.39, 0.29) is 62.5 Å². The van der Waals surface area contributed by atoms with Gasteiger partial charge in [-0.05, 0) is 12.8 Å². The molecule has 0 aromatic carbocycles. The average molecular weight is 542 g/mol. The number of carbonyl (C=O) groups excluding carboxylic acids is 1. The van der Waals surface area contributed by atoms with Crippen molar-refractivity contribution in [1.29, 1.82) is 0 Å². The third-order valence-corrected chi connectivity index (χ3v) is 3.96. The van der Waals surface area contributed by atoms with E-state index >= 15 is 0 Å². The molecule has 2 aliphatic rings. The molecule has 0 spiro atoms. The largest absolute Gasteiger partial charge is 4.00 e. The molecule has 2 rings (SSSR count). The van der Waals surface area contributed by atoms with E-state index in [4.69, 9.17) is 5.73 Å². The SMILES string of the molecule is CC1=[C-]C(C)C(C)=C1C.C[SiH]C.[Cl-].[Cl-].[Hf+4].[NH-]C(=O)C1CCCC1. The molecule has 1 unspecified atom stereocenters. The zero-order valence-corrected chi connectivity index (χ0v) is 21.5. The summed E-state index contributed by atoms with van der Waals surface area (Å²) in [5, 5.41) is 0. The van der Waals surface area contributed by atoms with Gasteiger partial charge in [-0.3, -0.25) is 6.08 Å². The summed E-state index contributed by atoms with van der Waals surface area (Å²) in [6.07, 6.45) is 7.58. The molecule has 0 saturated heterocycles. The fraction of sp³-hybridized carbons (Fsp3) is 0.706. The van der Waals surface area contributed by atoms with Gasteiger partial charge in [-0.25, -0.2) is 5.57 Å². The van der Waals surface area contributed by atoms with Crippen molar-refractivity contribution in [3.8, 4) is 0 Å². The molecule has 1 atom stereocenters. The zero-order chi connectivity index (χ0) is 15.7. The summed E-state index contributed by atoms with van der Waals surface area (Å²) in [4.78, 5) is 10.3. The zero-order valence-electron chi connectivity index (χ0n) is 15.2. The van der Waals surface area contributed by atoms with Crippen LogP contribution in [0.1, 0.15) is 53.4 Å². The van der Waals surface area contributed by atoms with Crippen LogP contribution in [0.2, 0.25) is 13.1 Å². The summed E-state index contributed by atoms with van der Waals surface area (Å²) in [6, 6.07) is 0. The molecular weight excluding hydrogens is 512 g/mol. The van der Waals surface area contributed by atoms with Gasteiger partial charge >= 0.3 is 25.8 Å². The minimum Gasteiger partial charge on any atom is -1.00 e. The van der Waals surface area contributed by atoms with Crippen molar-refractivity contribution < 1.29 is 55.5 Å². The first-order chi connectivity index (χ1) is 9.34. The molecule has 0 heterocycles. The van der Waals surface area contributed by atoms with E-state index in [1.165, 1.54) is 16.7 Å². The van der Waals surface area contributed by atoms with Gasteiger partial charge in [0.1, 0.15) is 0 Å². The molecular formula is C17H30Cl2HfNOSi. The molecule has 6 heteroatoms. The predicted octanol–water partition coefficient (Wildman–Crippen LogP) is -0.998. The van der Waals surface area contributed by atoms with Crippen molar-refractivity contribution in [3.63, 3.8) is 0 Å². The fourth-order valence-electron chi connectivity index (χ4n) is 2.35. The van der Waals surface area contributed by atoms with Gasteiger partial charge in [0.25, 0.3) is 0 Å². The van der Waals surface area contributed by atoms with E-state index < -0.39 is 0 Å². The van der Waals surface area contributed by atoms with Crippen LogP contribution < -0.4 is 24.8 Å². The second kappa shape index (κ2) is 17.4. The molecule has 1 N–H and O–H groups in total. The number of hydrogen-bond acceptors (Lipinski definition) is 1. The number of rotatable bonds is 1. The van der Waals surface area contributed by atoms with Crippen molar-refractivity contribution in [1.82, 2.24) is 0 Å². The summed E-state index contributed by atoms with van der Waals surface area (Å²) >= 11 is 0. The van der Waals surface area contributed by atoms with E-state index in [1.807, 2.05) is 0 Å². The van der Waals surface area contributed by atoms with Crippen molar-refractivity contribution in [2.75, 3.05) is 0 Å². The predicted molar refractivity (Wildman–Crippen MR) is 90.1 cm³/mol. The van der Waals surface area contributed by atoms with Gasteiger partial charge in [-0.1, -0.05) is 52.6 Å². The molecule has 2 nitrogen and oxygen atoms in total. The third kappa shape index (κ3) is 12.6. The molecule has 1 amide bonds. The van der Waals surface area contributed by atoms with E-state index in [0.29, 0.717) is 5.92 Å². The van der Waals surface area contributed by atoms with Gasteiger partial charge in [0.2, 0.25) is 0 Å². The van der Waals surface area contributed by atoms with Gasteiger partial charge in [0.15, 0.2) is 0 Å². The van der Waals surface area contributed by atoms with Crippen LogP contribution in [0, 0.1) is 17.9 Å². The first kappa shape index (κ1) is 31.4. The van der Waals surface area contributed by atoms with Crippen LogP contribution in [0.3, 0.4) is 0 Å². The van der Waals surface area contributed by atoms with Gasteiger partial charge in [-0.2, -0.15) is 11.1 Å². The minimum absolute atomic E-state index is 0. The van der Waals surface area contributed by atoms with Gasteiger partial charge in [0.05, 0.1) is 5.91 Å². The summed E-state index contributed by atoms with van der Waals surface area (Å²) in [5.74, 6) is 0.294. The maximum atomic E-state index is 10.3. The molecule has 1 fully saturated rings. The number of nitrogens with one attached hydrogen (secondary N) is 1. The second-order valence-corrected chi connectivity index (χ2v) is 6.88. The molecule has 0 aromatic heterocycles. The Morgan fingerprint density at radius 2 is 1.52 bits per heavy atom. The Kier molecular flexibility index (Phi) is 23.8.